The first kappa shape index (κ1) is 24.5. The zero-order valence-corrected chi connectivity index (χ0v) is 20.3. The number of rotatable bonds is 9. The average molecular weight is 473 g/mol. The highest BCUT2D eigenvalue weighted by atomic mass is 16.5. The minimum Gasteiger partial charge on any atom is -0.495 e. The van der Waals surface area contributed by atoms with Gasteiger partial charge in [0.1, 0.15) is 5.75 Å². The summed E-state index contributed by atoms with van der Waals surface area (Å²) in [5.74, 6) is -0.0675. The van der Waals surface area contributed by atoms with Crippen LogP contribution < -0.4 is 10.1 Å². The topological polar surface area (TPSA) is 88.5 Å². The standard InChI is InChI=1S/C29H32N2O4/c1-19-20(14-15-27(32)33)8-5-9-26(19)31-29(34)28(22-6-3-4-7-22)23-12-10-21(11-13-23)24-16-25(35-2)18-30-17-24/h5,8-13,16-18,22,28H,3-4,6-7,14-15H2,1-2H3,(H,31,34)(H,32,33)/t28-/m1/s1. The van der Waals surface area contributed by atoms with Gasteiger partial charge in [-0.15, -0.1) is 0 Å². The number of carbonyl (C=O) groups excluding carboxylic acids is 1. The van der Waals surface area contributed by atoms with Crippen molar-refractivity contribution in [3.8, 4) is 16.9 Å². The molecule has 35 heavy (non-hydrogen) atoms. The normalized spacial score (nSPS) is 14.5. The third kappa shape index (κ3) is 5.88. The van der Waals surface area contributed by atoms with Crippen LogP contribution in [0.5, 0.6) is 5.75 Å². The van der Waals surface area contributed by atoms with E-state index in [0.29, 0.717) is 18.1 Å². The smallest absolute Gasteiger partial charge is 0.303 e. The van der Waals surface area contributed by atoms with Gasteiger partial charge in [0.25, 0.3) is 0 Å². The van der Waals surface area contributed by atoms with Gasteiger partial charge in [0, 0.05) is 23.9 Å². The molecule has 1 saturated carbocycles. The lowest BCUT2D eigenvalue weighted by Crippen LogP contribution is -2.27. The highest BCUT2D eigenvalue weighted by Gasteiger charge is 2.32. The van der Waals surface area contributed by atoms with Gasteiger partial charge in [-0.3, -0.25) is 14.6 Å². The molecule has 1 aromatic heterocycles. The number of hydrogen-bond acceptors (Lipinski definition) is 4. The zero-order valence-electron chi connectivity index (χ0n) is 20.3. The lowest BCUT2D eigenvalue weighted by Gasteiger charge is -2.24. The van der Waals surface area contributed by atoms with E-state index in [-0.39, 0.29) is 18.2 Å². The first-order valence-electron chi connectivity index (χ1n) is 12.2. The third-order valence-corrected chi connectivity index (χ3v) is 7.02. The Hall–Kier alpha value is -3.67. The molecule has 2 N–H and O–H groups in total. The van der Waals surface area contributed by atoms with Gasteiger partial charge in [0.15, 0.2) is 0 Å². The van der Waals surface area contributed by atoms with Crippen molar-refractivity contribution in [3.63, 3.8) is 0 Å². The Bertz CT molecular complexity index is 1180. The number of nitrogens with zero attached hydrogens (tertiary/aromatic N) is 1. The number of nitrogens with one attached hydrogen (secondary N) is 1. The summed E-state index contributed by atoms with van der Waals surface area (Å²) < 4.78 is 5.29. The summed E-state index contributed by atoms with van der Waals surface area (Å²) in [5, 5.41) is 12.2. The number of amides is 1. The molecule has 1 fully saturated rings. The number of carboxylic acids is 1. The van der Waals surface area contributed by atoms with Crippen molar-refractivity contribution in [1.82, 2.24) is 4.98 Å². The molecule has 1 heterocycles. The molecule has 0 saturated heterocycles. The fraction of sp³-hybridized carbons (Fsp3) is 0.345. The lowest BCUT2D eigenvalue weighted by atomic mass is 9.83. The van der Waals surface area contributed by atoms with Crippen molar-refractivity contribution >= 4 is 17.6 Å². The van der Waals surface area contributed by atoms with E-state index in [9.17, 15) is 9.59 Å². The Labute approximate surface area is 206 Å². The van der Waals surface area contributed by atoms with E-state index in [1.165, 1.54) is 0 Å². The van der Waals surface area contributed by atoms with Crippen molar-refractivity contribution in [1.29, 1.82) is 0 Å². The molecule has 0 unspecified atom stereocenters. The molecule has 1 atom stereocenters. The van der Waals surface area contributed by atoms with Gasteiger partial charge in [-0.1, -0.05) is 49.2 Å². The van der Waals surface area contributed by atoms with Crippen molar-refractivity contribution in [2.75, 3.05) is 12.4 Å². The van der Waals surface area contributed by atoms with Crippen molar-refractivity contribution in [2.24, 2.45) is 5.92 Å². The molecular formula is C29H32N2O4. The number of aryl methyl sites for hydroxylation is 1. The Morgan fingerprint density at radius 1 is 1.09 bits per heavy atom. The molecule has 1 aliphatic rings. The predicted molar refractivity (Wildman–Crippen MR) is 137 cm³/mol. The van der Waals surface area contributed by atoms with Crippen molar-refractivity contribution in [2.45, 2.75) is 51.4 Å². The number of hydrogen-bond donors (Lipinski definition) is 2. The maximum atomic E-state index is 13.6. The summed E-state index contributed by atoms with van der Waals surface area (Å²) in [6, 6.07) is 15.8. The first-order valence-corrected chi connectivity index (χ1v) is 12.2. The van der Waals surface area contributed by atoms with Gasteiger partial charge in [0.2, 0.25) is 5.91 Å². The number of benzene rings is 2. The second kappa shape index (κ2) is 11.2. The van der Waals surface area contributed by atoms with E-state index >= 15 is 0 Å². The number of carboxylic acid groups (broad SMARTS) is 1. The molecular weight excluding hydrogens is 440 g/mol. The number of carbonyl (C=O) groups is 2. The van der Waals surface area contributed by atoms with E-state index in [0.717, 1.165) is 59.2 Å². The highest BCUT2D eigenvalue weighted by molar-refractivity contribution is 5.97. The minimum atomic E-state index is -0.826. The maximum Gasteiger partial charge on any atom is 0.303 e. The van der Waals surface area contributed by atoms with Crippen LogP contribution in [0.2, 0.25) is 0 Å². The summed E-state index contributed by atoms with van der Waals surface area (Å²) in [4.78, 5) is 28.9. The minimum absolute atomic E-state index is 0.00817. The van der Waals surface area contributed by atoms with Gasteiger partial charge in [-0.25, -0.2) is 0 Å². The van der Waals surface area contributed by atoms with Crippen LogP contribution in [0.1, 0.15) is 54.7 Å². The fourth-order valence-electron chi connectivity index (χ4n) is 5.04. The summed E-state index contributed by atoms with van der Waals surface area (Å²) in [6.07, 6.45) is 8.36. The Morgan fingerprint density at radius 3 is 2.51 bits per heavy atom. The molecule has 0 bridgehead atoms. The molecule has 4 rings (SSSR count). The van der Waals surface area contributed by atoms with Crippen LogP contribution in [0.3, 0.4) is 0 Å². The van der Waals surface area contributed by atoms with Gasteiger partial charge in [-0.05, 0) is 66.5 Å². The van der Waals surface area contributed by atoms with Crippen LogP contribution in [0, 0.1) is 12.8 Å². The van der Waals surface area contributed by atoms with Crippen LogP contribution in [0.25, 0.3) is 11.1 Å². The van der Waals surface area contributed by atoms with Crippen LogP contribution >= 0.6 is 0 Å². The highest BCUT2D eigenvalue weighted by Crippen LogP contribution is 2.39. The summed E-state index contributed by atoms with van der Waals surface area (Å²) in [6.45, 7) is 1.94. The van der Waals surface area contributed by atoms with Gasteiger partial charge >= 0.3 is 5.97 Å². The van der Waals surface area contributed by atoms with E-state index in [2.05, 4.69) is 10.3 Å². The SMILES string of the molecule is COc1cncc(-c2ccc([C@H](C(=O)Nc3cccc(CCC(=O)O)c3C)C3CCCC3)cc2)c1. The van der Waals surface area contributed by atoms with E-state index in [4.69, 9.17) is 9.84 Å². The van der Waals surface area contributed by atoms with Gasteiger partial charge in [0.05, 0.1) is 19.2 Å². The number of aromatic nitrogens is 1. The molecule has 0 radical (unpaired) electrons. The zero-order chi connectivity index (χ0) is 24.8. The van der Waals surface area contributed by atoms with E-state index in [1.54, 1.807) is 19.5 Å². The third-order valence-electron chi connectivity index (χ3n) is 7.02. The largest absolute Gasteiger partial charge is 0.495 e. The summed E-state index contributed by atoms with van der Waals surface area (Å²) >= 11 is 0. The molecule has 3 aromatic rings. The van der Waals surface area contributed by atoms with Crippen LogP contribution in [-0.4, -0.2) is 29.1 Å². The average Bonchev–Trinajstić information content (AvgIpc) is 3.39. The number of pyridine rings is 1. The van der Waals surface area contributed by atoms with Crippen molar-refractivity contribution in [3.05, 3.63) is 77.6 Å². The van der Waals surface area contributed by atoms with Gasteiger partial charge < -0.3 is 15.2 Å². The second-order valence-electron chi connectivity index (χ2n) is 9.23. The molecule has 1 aliphatic carbocycles. The van der Waals surface area contributed by atoms with Gasteiger partial charge in [-0.2, -0.15) is 0 Å². The molecule has 6 heteroatoms. The van der Waals surface area contributed by atoms with Crippen molar-refractivity contribution < 1.29 is 19.4 Å². The molecule has 0 aliphatic heterocycles. The monoisotopic (exact) mass is 472 g/mol. The van der Waals surface area contributed by atoms with E-state index in [1.807, 2.05) is 55.5 Å². The quantitative estimate of drug-likeness (QED) is 0.399. The molecule has 1 amide bonds. The molecule has 6 nitrogen and oxygen atoms in total. The van der Waals surface area contributed by atoms with Crippen LogP contribution in [0.15, 0.2) is 60.9 Å². The van der Waals surface area contributed by atoms with Crippen LogP contribution in [-0.2, 0) is 16.0 Å². The number of aliphatic carboxylic acids is 1. The summed E-state index contributed by atoms with van der Waals surface area (Å²) in [7, 11) is 1.62. The maximum absolute atomic E-state index is 13.6. The fourth-order valence-corrected chi connectivity index (χ4v) is 5.04. The number of methoxy groups -OCH3 is 1. The predicted octanol–water partition coefficient (Wildman–Crippen LogP) is 6.00. The van der Waals surface area contributed by atoms with Crippen LogP contribution in [0.4, 0.5) is 5.69 Å². The molecule has 2 aromatic carbocycles. The Balaban J connectivity index is 1.58. The Kier molecular flexibility index (Phi) is 7.80. The molecule has 182 valence electrons. The van der Waals surface area contributed by atoms with E-state index < -0.39 is 5.97 Å². The second-order valence-corrected chi connectivity index (χ2v) is 9.23. The number of anilines is 1. The lowest BCUT2D eigenvalue weighted by molar-refractivity contribution is -0.137. The molecule has 0 spiro atoms. The summed E-state index contributed by atoms with van der Waals surface area (Å²) in [5.41, 5.74) is 5.61. The first-order chi connectivity index (χ1) is 17.0. The Morgan fingerprint density at radius 2 is 1.83 bits per heavy atom. The number of ether oxygens (including phenoxy) is 1.